The van der Waals surface area contributed by atoms with Gasteiger partial charge in [-0.2, -0.15) is 0 Å². The Bertz CT molecular complexity index is 450. The van der Waals surface area contributed by atoms with Crippen molar-refractivity contribution in [2.45, 2.75) is 33.1 Å². The number of hydrogen-bond acceptors (Lipinski definition) is 3. The number of benzene rings is 1. The molecule has 1 aromatic carbocycles. The third-order valence-electron chi connectivity index (χ3n) is 3.82. The summed E-state index contributed by atoms with van der Waals surface area (Å²) in [4.78, 5) is 14.0. The minimum absolute atomic E-state index is 0.00585. The lowest BCUT2D eigenvalue weighted by molar-refractivity contribution is -0.121. The first-order valence-electron chi connectivity index (χ1n) is 8.47. The molecule has 1 rings (SSSR count). The molecule has 130 valence electrons. The average Bonchev–Trinajstić information content (AvgIpc) is 2.56. The average molecular weight is 324 g/mol. The lowest BCUT2D eigenvalue weighted by Gasteiger charge is -2.17. The minimum atomic E-state index is -0.200. The summed E-state index contributed by atoms with van der Waals surface area (Å²) in [6.07, 6.45) is 1.64. The second-order valence-corrected chi connectivity index (χ2v) is 5.43. The lowest BCUT2D eigenvalue weighted by atomic mass is 10.1. The summed E-state index contributed by atoms with van der Waals surface area (Å²) in [5.74, 6) is -0.205. The maximum Gasteiger partial charge on any atom is 0.220 e. The van der Waals surface area contributed by atoms with Crippen LogP contribution in [0.15, 0.2) is 24.3 Å². The highest BCUT2D eigenvalue weighted by Gasteiger charge is 2.04. The van der Waals surface area contributed by atoms with Gasteiger partial charge in [0.2, 0.25) is 5.91 Å². The molecule has 0 fully saturated rings. The molecule has 0 spiro atoms. The Morgan fingerprint density at radius 1 is 1.22 bits per heavy atom. The van der Waals surface area contributed by atoms with Crippen LogP contribution in [0, 0.1) is 5.82 Å². The smallest absolute Gasteiger partial charge is 0.220 e. The fraction of sp³-hybridized carbons (Fsp3) is 0.611. The van der Waals surface area contributed by atoms with Gasteiger partial charge in [0, 0.05) is 19.5 Å². The molecule has 4 nitrogen and oxygen atoms in total. The number of ether oxygens (including phenoxy) is 1. The first-order chi connectivity index (χ1) is 11.2. The van der Waals surface area contributed by atoms with Crippen molar-refractivity contribution >= 4 is 5.91 Å². The number of hydrogen-bond donors (Lipinski definition) is 1. The van der Waals surface area contributed by atoms with Gasteiger partial charge in [-0.1, -0.05) is 32.0 Å². The highest BCUT2D eigenvalue weighted by molar-refractivity contribution is 5.75. The van der Waals surface area contributed by atoms with E-state index in [2.05, 4.69) is 24.1 Å². The van der Waals surface area contributed by atoms with Crippen LogP contribution in [-0.4, -0.2) is 50.2 Å². The predicted octanol–water partition coefficient (Wildman–Crippen LogP) is 2.62. The summed E-state index contributed by atoms with van der Waals surface area (Å²) >= 11 is 0. The van der Waals surface area contributed by atoms with Gasteiger partial charge in [0.1, 0.15) is 5.82 Å². The number of nitrogens with zero attached hydrogens (tertiary/aromatic N) is 1. The normalized spacial score (nSPS) is 11.0. The summed E-state index contributed by atoms with van der Waals surface area (Å²) in [7, 11) is 0. The van der Waals surface area contributed by atoms with E-state index in [1.165, 1.54) is 6.07 Å². The maximum absolute atomic E-state index is 13.4. The molecular formula is C18H29FN2O2. The first-order valence-corrected chi connectivity index (χ1v) is 8.47. The van der Waals surface area contributed by atoms with E-state index in [0.717, 1.165) is 19.6 Å². The van der Waals surface area contributed by atoms with Gasteiger partial charge in [0.05, 0.1) is 13.2 Å². The summed E-state index contributed by atoms with van der Waals surface area (Å²) in [6, 6.07) is 6.70. The molecule has 23 heavy (non-hydrogen) atoms. The van der Waals surface area contributed by atoms with E-state index in [1.54, 1.807) is 12.1 Å². The number of aryl methyl sites for hydroxylation is 1. The molecule has 1 N–H and O–H groups in total. The Labute approximate surface area is 139 Å². The van der Waals surface area contributed by atoms with Crippen molar-refractivity contribution < 1.29 is 13.9 Å². The van der Waals surface area contributed by atoms with Gasteiger partial charge < -0.3 is 15.0 Å². The molecule has 0 aliphatic heterocycles. The van der Waals surface area contributed by atoms with Gasteiger partial charge in [0.15, 0.2) is 0 Å². The van der Waals surface area contributed by atoms with Crippen molar-refractivity contribution in [2.24, 2.45) is 0 Å². The van der Waals surface area contributed by atoms with Crippen molar-refractivity contribution in [1.29, 1.82) is 0 Å². The largest absolute Gasteiger partial charge is 0.378 e. The second-order valence-electron chi connectivity index (χ2n) is 5.43. The van der Waals surface area contributed by atoms with Crippen molar-refractivity contribution in [1.82, 2.24) is 10.2 Å². The van der Waals surface area contributed by atoms with Crippen LogP contribution in [0.4, 0.5) is 4.39 Å². The predicted molar refractivity (Wildman–Crippen MR) is 91.0 cm³/mol. The third-order valence-corrected chi connectivity index (χ3v) is 3.82. The highest BCUT2D eigenvalue weighted by atomic mass is 19.1. The number of rotatable bonds is 12. The van der Waals surface area contributed by atoms with Crippen LogP contribution in [0.1, 0.15) is 32.3 Å². The van der Waals surface area contributed by atoms with E-state index < -0.39 is 0 Å². The molecule has 0 saturated carbocycles. The zero-order valence-electron chi connectivity index (χ0n) is 14.3. The Kier molecular flexibility index (Phi) is 10.2. The molecule has 0 atom stereocenters. The molecule has 0 aromatic heterocycles. The van der Waals surface area contributed by atoms with E-state index in [1.807, 2.05) is 6.07 Å². The van der Waals surface area contributed by atoms with E-state index in [0.29, 0.717) is 44.6 Å². The number of carbonyl (C=O) groups excluding carboxylic acids is 1. The molecule has 1 aromatic rings. The Morgan fingerprint density at radius 2 is 1.96 bits per heavy atom. The summed E-state index contributed by atoms with van der Waals surface area (Å²) in [5, 5.41) is 2.83. The number of halogens is 1. The van der Waals surface area contributed by atoms with Crippen molar-refractivity contribution in [2.75, 3.05) is 39.4 Å². The molecule has 0 aliphatic rings. The lowest BCUT2D eigenvalue weighted by Crippen LogP contribution is -2.30. The molecule has 1 amide bonds. The Hall–Kier alpha value is -1.46. The molecule has 5 heteroatoms. The molecule has 0 aliphatic carbocycles. The fourth-order valence-corrected chi connectivity index (χ4v) is 2.33. The Balaban J connectivity index is 2.01. The van der Waals surface area contributed by atoms with Gasteiger partial charge in [-0.05, 0) is 37.6 Å². The van der Waals surface area contributed by atoms with E-state index >= 15 is 0 Å². The van der Waals surface area contributed by atoms with Crippen LogP contribution < -0.4 is 5.32 Å². The molecular weight excluding hydrogens is 295 g/mol. The van der Waals surface area contributed by atoms with Gasteiger partial charge >= 0.3 is 0 Å². The molecule has 0 heterocycles. The standard InChI is InChI=1S/C18H29FN2O2/c1-3-21(4-2)13-15-23-14-12-20-18(22)11-7-9-16-8-5-6-10-17(16)19/h5-6,8,10H,3-4,7,9,11-15H2,1-2H3,(H,20,22). The van der Waals surface area contributed by atoms with E-state index in [4.69, 9.17) is 4.74 Å². The van der Waals surface area contributed by atoms with E-state index in [9.17, 15) is 9.18 Å². The maximum atomic E-state index is 13.4. The number of amides is 1. The quantitative estimate of drug-likeness (QED) is 0.601. The van der Waals surface area contributed by atoms with Gasteiger partial charge in [-0.15, -0.1) is 0 Å². The van der Waals surface area contributed by atoms with Crippen LogP contribution in [0.3, 0.4) is 0 Å². The SMILES string of the molecule is CCN(CC)CCOCCNC(=O)CCCc1ccccc1F. The minimum Gasteiger partial charge on any atom is -0.378 e. The Morgan fingerprint density at radius 3 is 2.65 bits per heavy atom. The summed E-state index contributed by atoms with van der Waals surface area (Å²) in [6.45, 7) is 8.97. The van der Waals surface area contributed by atoms with Crippen molar-refractivity contribution in [3.05, 3.63) is 35.6 Å². The highest BCUT2D eigenvalue weighted by Crippen LogP contribution is 2.09. The zero-order valence-corrected chi connectivity index (χ0v) is 14.3. The van der Waals surface area contributed by atoms with E-state index in [-0.39, 0.29) is 11.7 Å². The summed E-state index contributed by atoms with van der Waals surface area (Å²) in [5.41, 5.74) is 0.667. The van der Waals surface area contributed by atoms with Gasteiger partial charge in [-0.25, -0.2) is 4.39 Å². The molecule has 0 unspecified atom stereocenters. The second kappa shape index (κ2) is 12.0. The van der Waals surface area contributed by atoms with Crippen LogP contribution >= 0.6 is 0 Å². The molecule has 0 radical (unpaired) electrons. The van der Waals surface area contributed by atoms with Crippen molar-refractivity contribution in [3.63, 3.8) is 0 Å². The number of nitrogens with one attached hydrogen (secondary N) is 1. The van der Waals surface area contributed by atoms with Crippen LogP contribution in [0.25, 0.3) is 0 Å². The topological polar surface area (TPSA) is 41.6 Å². The number of carbonyl (C=O) groups is 1. The number of likely N-dealkylation sites (N-methyl/N-ethyl adjacent to an activating group) is 1. The molecule has 0 saturated heterocycles. The van der Waals surface area contributed by atoms with Crippen molar-refractivity contribution in [3.8, 4) is 0 Å². The third kappa shape index (κ3) is 8.67. The first kappa shape index (κ1) is 19.6. The van der Waals surface area contributed by atoms with Crippen LogP contribution in [-0.2, 0) is 16.0 Å². The molecule has 0 bridgehead atoms. The monoisotopic (exact) mass is 324 g/mol. The van der Waals surface area contributed by atoms with Crippen LogP contribution in [0.2, 0.25) is 0 Å². The van der Waals surface area contributed by atoms with Gasteiger partial charge in [0.25, 0.3) is 0 Å². The van der Waals surface area contributed by atoms with Crippen LogP contribution in [0.5, 0.6) is 0 Å². The zero-order chi connectivity index (χ0) is 16.9. The van der Waals surface area contributed by atoms with Gasteiger partial charge in [-0.3, -0.25) is 4.79 Å². The summed E-state index contributed by atoms with van der Waals surface area (Å²) < 4.78 is 18.9. The fourth-order valence-electron chi connectivity index (χ4n) is 2.33.